The zero-order chi connectivity index (χ0) is 10.2. The topological polar surface area (TPSA) is 12.0 Å². The Morgan fingerprint density at radius 2 is 2.00 bits per heavy atom. The summed E-state index contributed by atoms with van der Waals surface area (Å²) < 4.78 is 0. The molecule has 14 heavy (non-hydrogen) atoms. The van der Waals surface area contributed by atoms with Gasteiger partial charge in [-0.2, -0.15) is 0 Å². The van der Waals surface area contributed by atoms with E-state index in [-0.39, 0.29) is 0 Å². The summed E-state index contributed by atoms with van der Waals surface area (Å²) in [6.07, 6.45) is 5.32. The number of halogens is 1. The Labute approximate surface area is 90.8 Å². The van der Waals surface area contributed by atoms with Crippen LogP contribution in [0.5, 0.6) is 0 Å². The molecule has 1 N–H and O–H groups in total. The molecule has 0 heterocycles. The molecule has 1 aromatic rings. The number of rotatable bonds is 5. The van der Waals surface area contributed by atoms with E-state index in [1.54, 1.807) is 0 Å². The van der Waals surface area contributed by atoms with Gasteiger partial charge in [-0.15, -0.1) is 0 Å². The molecule has 1 nitrogen and oxygen atoms in total. The van der Waals surface area contributed by atoms with Crippen LogP contribution < -0.4 is 5.32 Å². The zero-order valence-electron chi connectivity index (χ0n) is 8.46. The van der Waals surface area contributed by atoms with E-state index in [0.29, 0.717) is 0 Å². The summed E-state index contributed by atoms with van der Waals surface area (Å²) in [7, 11) is 0. The lowest BCUT2D eigenvalue weighted by molar-refractivity contribution is 0.695. The molecule has 0 radical (unpaired) electrons. The van der Waals surface area contributed by atoms with Crippen molar-refractivity contribution in [3.05, 3.63) is 47.0 Å². The average Bonchev–Trinajstić information content (AvgIpc) is 2.21. The summed E-state index contributed by atoms with van der Waals surface area (Å²) in [6, 6.07) is 7.94. The van der Waals surface area contributed by atoms with Crippen molar-refractivity contribution in [2.75, 3.05) is 6.54 Å². The van der Waals surface area contributed by atoms with E-state index in [1.807, 2.05) is 31.2 Å². The average molecular weight is 210 g/mol. The van der Waals surface area contributed by atoms with Gasteiger partial charge in [0.05, 0.1) is 0 Å². The van der Waals surface area contributed by atoms with Gasteiger partial charge in [0.25, 0.3) is 0 Å². The van der Waals surface area contributed by atoms with Gasteiger partial charge in [0.1, 0.15) is 0 Å². The van der Waals surface area contributed by atoms with Crippen LogP contribution in [0.25, 0.3) is 0 Å². The first-order valence-electron chi connectivity index (χ1n) is 4.89. The van der Waals surface area contributed by atoms with Gasteiger partial charge in [-0.05, 0) is 37.6 Å². The fourth-order valence-corrected chi connectivity index (χ4v) is 1.31. The van der Waals surface area contributed by atoms with Crippen LogP contribution >= 0.6 is 11.6 Å². The van der Waals surface area contributed by atoms with E-state index in [0.717, 1.165) is 24.5 Å². The fourth-order valence-electron chi connectivity index (χ4n) is 1.19. The summed E-state index contributed by atoms with van der Waals surface area (Å²) >= 11 is 5.78. The van der Waals surface area contributed by atoms with Crippen LogP contribution in [0.1, 0.15) is 18.9 Å². The minimum atomic E-state index is 0.794. The first kappa shape index (κ1) is 11.3. The molecule has 0 aliphatic carbocycles. The largest absolute Gasteiger partial charge is 0.312 e. The monoisotopic (exact) mass is 209 g/mol. The van der Waals surface area contributed by atoms with Gasteiger partial charge in [0, 0.05) is 11.6 Å². The molecule has 0 aromatic heterocycles. The highest BCUT2D eigenvalue weighted by Crippen LogP contribution is 2.08. The zero-order valence-corrected chi connectivity index (χ0v) is 9.22. The first-order chi connectivity index (χ1) is 6.83. The number of nitrogens with one attached hydrogen (secondary N) is 1. The Morgan fingerprint density at radius 1 is 1.29 bits per heavy atom. The number of hydrogen-bond acceptors (Lipinski definition) is 1. The van der Waals surface area contributed by atoms with Crippen LogP contribution in [0.4, 0.5) is 0 Å². The minimum absolute atomic E-state index is 0.794. The molecular weight excluding hydrogens is 194 g/mol. The predicted molar refractivity (Wildman–Crippen MR) is 62.6 cm³/mol. The third-order valence-electron chi connectivity index (χ3n) is 1.97. The van der Waals surface area contributed by atoms with Crippen molar-refractivity contribution in [1.82, 2.24) is 5.32 Å². The Hall–Kier alpha value is -0.790. The standard InChI is InChI=1S/C12H16ClN/c1-2-3-4-9-14-10-11-5-7-12(13)8-6-11/h2-3,5-8,14H,4,9-10H2,1H3/b3-2+. The van der Waals surface area contributed by atoms with E-state index in [9.17, 15) is 0 Å². The highest BCUT2D eigenvalue weighted by atomic mass is 35.5. The molecule has 0 amide bonds. The summed E-state index contributed by atoms with van der Waals surface area (Å²) in [6.45, 7) is 3.97. The Morgan fingerprint density at radius 3 is 2.64 bits per heavy atom. The van der Waals surface area contributed by atoms with E-state index in [2.05, 4.69) is 17.5 Å². The Bertz CT molecular complexity index is 277. The maximum absolute atomic E-state index is 5.78. The number of hydrogen-bond donors (Lipinski definition) is 1. The summed E-state index contributed by atoms with van der Waals surface area (Å²) in [5.74, 6) is 0. The maximum Gasteiger partial charge on any atom is 0.0406 e. The number of allylic oxidation sites excluding steroid dienone is 1. The van der Waals surface area contributed by atoms with Crippen molar-refractivity contribution in [2.24, 2.45) is 0 Å². The molecule has 0 saturated heterocycles. The van der Waals surface area contributed by atoms with Gasteiger partial charge in [-0.1, -0.05) is 35.9 Å². The fraction of sp³-hybridized carbons (Fsp3) is 0.333. The van der Waals surface area contributed by atoms with Crippen LogP contribution in [0.2, 0.25) is 5.02 Å². The van der Waals surface area contributed by atoms with E-state index in [1.165, 1.54) is 5.56 Å². The third kappa shape index (κ3) is 4.45. The molecule has 1 rings (SSSR count). The molecule has 1 aromatic carbocycles. The summed E-state index contributed by atoms with van der Waals surface area (Å²) in [4.78, 5) is 0. The van der Waals surface area contributed by atoms with Crippen molar-refractivity contribution in [3.8, 4) is 0 Å². The number of benzene rings is 1. The van der Waals surface area contributed by atoms with E-state index >= 15 is 0 Å². The molecule has 2 heteroatoms. The highest BCUT2D eigenvalue weighted by Gasteiger charge is 1.91. The summed E-state index contributed by atoms with van der Waals surface area (Å²) in [5, 5.41) is 4.16. The second-order valence-electron chi connectivity index (χ2n) is 3.16. The van der Waals surface area contributed by atoms with E-state index in [4.69, 9.17) is 11.6 Å². The quantitative estimate of drug-likeness (QED) is 0.579. The summed E-state index contributed by atoms with van der Waals surface area (Å²) in [5.41, 5.74) is 1.27. The van der Waals surface area contributed by atoms with Crippen molar-refractivity contribution in [1.29, 1.82) is 0 Å². The molecule has 0 aliphatic rings. The molecule has 0 unspecified atom stereocenters. The van der Waals surface area contributed by atoms with Gasteiger partial charge in [0.15, 0.2) is 0 Å². The van der Waals surface area contributed by atoms with Gasteiger partial charge >= 0.3 is 0 Å². The third-order valence-corrected chi connectivity index (χ3v) is 2.22. The first-order valence-corrected chi connectivity index (χ1v) is 5.27. The van der Waals surface area contributed by atoms with E-state index < -0.39 is 0 Å². The lowest BCUT2D eigenvalue weighted by Gasteiger charge is -2.02. The van der Waals surface area contributed by atoms with Crippen LogP contribution in [0, 0.1) is 0 Å². The van der Waals surface area contributed by atoms with Crippen molar-refractivity contribution >= 4 is 11.6 Å². The van der Waals surface area contributed by atoms with Crippen LogP contribution in [0.3, 0.4) is 0 Å². The lowest BCUT2D eigenvalue weighted by atomic mass is 10.2. The van der Waals surface area contributed by atoms with Crippen LogP contribution in [0.15, 0.2) is 36.4 Å². The van der Waals surface area contributed by atoms with Crippen molar-refractivity contribution in [3.63, 3.8) is 0 Å². The molecule has 0 saturated carbocycles. The Balaban J connectivity index is 2.21. The molecular formula is C12H16ClN. The van der Waals surface area contributed by atoms with Gasteiger partial charge in [-0.25, -0.2) is 0 Å². The van der Waals surface area contributed by atoms with Gasteiger partial charge in [-0.3, -0.25) is 0 Å². The smallest absolute Gasteiger partial charge is 0.0406 e. The maximum atomic E-state index is 5.78. The second-order valence-corrected chi connectivity index (χ2v) is 3.60. The molecule has 0 bridgehead atoms. The molecule has 0 fully saturated rings. The SMILES string of the molecule is C/C=C/CCNCc1ccc(Cl)cc1. The highest BCUT2D eigenvalue weighted by molar-refractivity contribution is 6.30. The molecule has 76 valence electrons. The van der Waals surface area contributed by atoms with Crippen LogP contribution in [-0.2, 0) is 6.54 Å². The normalized spacial score (nSPS) is 11.0. The van der Waals surface area contributed by atoms with Gasteiger partial charge in [0.2, 0.25) is 0 Å². The molecule has 0 aliphatic heterocycles. The molecule has 0 spiro atoms. The van der Waals surface area contributed by atoms with Crippen LogP contribution in [-0.4, -0.2) is 6.54 Å². The second kappa shape index (κ2) is 6.63. The van der Waals surface area contributed by atoms with Crippen molar-refractivity contribution < 1.29 is 0 Å². The Kier molecular flexibility index (Phi) is 5.35. The predicted octanol–water partition coefficient (Wildman–Crippen LogP) is 3.40. The lowest BCUT2D eigenvalue weighted by Crippen LogP contribution is -2.13. The van der Waals surface area contributed by atoms with Gasteiger partial charge < -0.3 is 5.32 Å². The minimum Gasteiger partial charge on any atom is -0.312 e. The molecule has 0 atom stereocenters. The van der Waals surface area contributed by atoms with Crippen molar-refractivity contribution in [2.45, 2.75) is 19.9 Å².